The van der Waals surface area contributed by atoms with Gasteiger partial charge in [-0.2, -0.15) is 13.2 Å². The molecular formula is C24H26ClF4N5O2. The second-order valence-electron chi connectivity index (χ2n) is 8.59. The molecule has 0 aliphatic carbocycles. The molecule has 0 bridgehead atoms. The van der Waals surface area contributed by atoms with Crippen LogP contribution in [0.5, 0.6) is 0 Å². The van der Waals surface area contributed by atoms with Gasteiger partial charge in [0.1, 0.15) is 5.82 Å². The van der Waals surface area contributed by atoms with Crippen molar-refractivity contribution in [1.29, 1.82) is 0 Å². The Balaban J connectivity index is 0.000000556. The van der Waals surface area contributed by atoms with E-state index in [1.54, 1.807) is 17.2 Å². The summed E-state index contributed by atoms with van der Waals surface area (Å²) in [5, 5.41) is 2.99. The van der Waals surface area contributed by atoms with Gasteiger partial charge in [0.25, 0.3) is 0 Å². The van der Waals surface area contributed by atoms with E-state index in [0.717, 1.165) is 42.8 Å². The fraction of sp³-hybridized carbons (Fsp3) is 0.417. The Hall–Kier alpha value is -3.05. The molecule has 7 nitrogen and oxygen atoms in total. The van der Waals surface area contributed by atoms with Crippen molar-refractivity contribution in [3.63, 3.8) is 0 Å². The van der Waals surface area contributed by atoms with Gasteiger partial charge in [0.15, 0.2) is 5.65 Å². The molecule has 0 radical (unpaired) electrons. The Kier molecular flexibility index (Phi) is 7.89. The van der Waals surface area contributed by atoms with Crippen LogP contribution in [0.2, 0.25) is 5.02 Å². The zero-order valence-corrected chi connectivity index (χ0v) is 20.4. The van der Waals surface area contributed by atoms with Gasteiger partial charge in [-0.05, 0) is 31.0 Å². The number of imidazole rings is 1. The minimum atomic E-state index is -4.00. The Morgan fingerprint density at radius 1 is 1.11 bits per heavy atom. The average Bonchev–Trinajstić information content (AvgIpc) is 3.52. The lowest BCUT2D eigenvalue weighted by Crippen LogP contribution is -2.36. The monoisotopic (exact) mass is 527 g/mol. The molecular weight excluding hydrogens is 502 g/mol. The van der Waals surface area contributed by atoms with Crippen LogP contribution < -0.4 is 10.2 Å². The van der Waals surface area contributed by atoms with Crippen LogP contribution in [0, 0.1) is 5.82 Å². The molecule has 0 atom stereocenters. The summed E-state index contributed by atoms with van der Waals surface area (Å²) in [6.07, 6.45) is 3.47. The first-order valence-electron chi connectivity index (χ1n) is 11.5. The number of nitrogens with zero attached hydrogens (tertiary/aromatic N) is 4. The first kappa shape index (κ1) is 26.0. The third-order valence-corrected chi connectivity index (χ3v) is 6.14. The fourth-order valence-electron chi connectivity index (χ4n) is 4.18. The topological polar surface area (TPSA) is 62.1 Å². The van der Waals surface area contributed by atoms with Crippen LogP contribution in [0.3, 0.4) is 0 Å². The summed E-state index contributed by atoms with van der Waals surface area (Å²) in [6.45, 7) is 4.40. The molecule has 2 aromatic heterocycles. The number of halogens is 5. The van der Waals surface area contributed by atoms with Gasteiger partial charge in [-0.3, -0.25) is 0 Å². The lowest BCUT2D eigenvalue weighted by Gasteiger charge is -2.29. The minimum absolute atomic E-state index is 0.120. The number of fused-ring (bicyclic) bond motifs is 1. The largest absolute Gasteiger partial charge is 0.386 e. The van der Waals surface area contributed by atoms with Gasteiger partial charge in [0.2, 0.25) is 0 Å². The zero-order chi connectivity index (χ0) is 25.9. The molecule has 2 saturated heterocycles. The Bertz CT molecular complexity index is 1220. The highest BCUT2D eigenvalue weighted by molar-refractivity contribution is 6.33. The number of hydrogen-bond donors (Lipinski definition) is 1. The van der Waals surface area contributed by atoms with Crippen molar-refractivity contribution in [2.75, 3.05) is 49.6 Å². The standard InChI is InChI=1S/C22H23ClFN5O2.C2H3F3/c23-17-13-18(24)19(26-22(30)28-4-1-2-5-28)12-16(17)15-11-20(27-7-9-31-10-8-27)21-25-3-6-29(21)14-15;1-2(3,4)5/h3,6,11-14H,1-2,4-5,7-10H2,(H,26,30);1H3. The fourth-order valence-corrected chi connectivity index (χ4v) is 4.44. The number of carbonyl (C=O) groups excluding carboxylic acids is 1. The van der Waals surface area contributed by atoms with Crippen molar-refractivity contribution in [3.8, 4) is 11.1 Å². The number of benzene rings is 1. The predicted molar refractivity (Wildman–Crippen MR) is 130 cm³/mol. The van der Waals surface area contributed by atoms with Gasteiger partial charge in [-0.1, -0.05) is 11.6 Å². The highest BCUT2D eigenvalue weighted by Gasteiger charge is 2.22. The summed E-state index contributed by atoms with van der Waals surface area (Å²) in [4.78, 5) is 20.9. The second-order valence-corrected chi connectivity index (χ2v) is 9.00. The third-order valence-electron chi connectivity index (χ3n) is 5.82. The van der Waals surface area contributed by atoms with Crippen molar-refractivity contribution in [3.05, 3.63) is 47.6 Å². The number of hydrogen-bond acceptors (Lipinski definition) is 4. The molecule has 2 fully saturated rings. The number of likely N-dealkylation sites (tertiary alicyclic amines) is 1. The molecule has 194 valence electrons. The van der Waals surface area contributed by atoms with E-state index in [2.05, 4.69) is 15.2 Å². The smallest absolute Gasteiger partial charge is 0.378 e. The number of morpholine rings is 1. The molecule has 1 aromatic carbocycles. The van der Waals surface area contributed by atoms with Gasteiger partial charge < -0.3 is 24.3 Å². The van der Waals surface area contributed by atoms with E-state index in [1.807, 2.05) is 22.9 Å². The number of rotatable bonds is 3. The van der Waals surface area contributed by atoms with Crippen molar-refractivity contribution in [2.45, 2.75) is 25.9 Å². The zero-order valence-electron chi connectivity index (χ0n) is 19.6. The predicted octanol–water partition coefficient (Wildman–Crippen LogP) is 5.83. The van der Waals surface area contributed by atoms with Crippen LogP contribution >= 0.6 is 11.6 Å². The molecule has 2 amide bonds. The normalized spacial score (nSPS) is 16.2. The lowest BCUT2D eigenvalue weighted by atomic mass is 10.1. The van der Waals surface area contributed by atoms with Gasteiger partial charge in [0, 0.05) is 62.8 Å². The van der Waals surface area contributed by atoms with E-state index < -0.39 is 12.0 Å². The SMILES string of the molecule is CC(F)(F)F.O=C(Nc1cc(-c2cc(N3CCOCC3)c3nccn3c2)c(Cl)cc1F)N1CCCC1. The molecule has 0 saturated carbocycles. The quantitative estimate of drug-likeness (QED) is 0.436. The summed E-state index contributed by atoms with van der Waals surface area (Å²) < 4.78 is 53.1. The number of anilines is 2. The van der Waals surface area contributed by atoms with Crippen LogP contribution in [0.25, 0.3) is 16.8 Å². The summed E-state index contributed by atoms with van der Waals surface area (Å²) in [6, 6.07) is 4.58. The summed E-state index contributed by atoms with van der Waals surface area (Å²) in [7, 11) is 0. The van der Waals surface area contributed by atoms with E-state index in [9.17, 15) is 22.4 Å². The number of alkyl halides is 3. The summed E-state index contributed by atoms with van der Waals surface area (Å²) in [5.41, 5.74) is 3.38. The molecule has 5 rings (SSSR count). The van der Waals surface area contributed by atoms with Gasteiger partial charge in [0.05, 0.1) is 29.6 Å². The maximum absolute atomic E-state index is 14.6. The Morgan fingerprint density at radius 2 is 1.78 bits per heavy atom. The summed E-state index contributed by atoms with van der Waals surface area (Å²) >= 11 is 6.44. The molecule has 2 aliphatic rings. The average molecular weight is 528 g/mol. The molecule has 1 N–H and O–H groups in total. The van der Waals surface area contributed by atoms with E-state index in [-0.39, 0.29) is 23.7 Å². The molecule has 2 aliphatic heterocycles. The van der Waals surface area contributed by atoms with E-state index in [4.69, 9.17) is 16.3 Å². The van der Waals surface area contributed by atoms with Crippen molar-refractivity contribution in [1.82, 2.24) is 14.3 Å². The Morgan fingerprint density at radius 3 is 2.44 bits per heavy atom. The first-order valence-corrected chi connectivity index (χ1v) is 11.9. The highest BCUT2D eigenvalue weighted by atomic mass is 35.5. The number of nitrogens with one attached hydrogen (secondary N) is 1. The highest BCUT2D eigenvalue weighted by Crippen LogP contribution is 2.36. The molecule has 12 heteroatoms. The van der Waals surface area contributed by atoms with E-state index in [1.165, 1.54) is 6.07 Å². The minimum Gasteiger partial charge on any atom is -0.378 e. The molecule has 4 heterocycles. The van der Waals surface area contributed by atoms with Gasteiger partial charge in [-0.25, -0.2) is 14.2 Å². The Labute approximate surface area is 210 Å². The van der Waals surface area contributed by atoms with Gasteiger partial charge in [-0.15, -0.1) is 0 Å². The molecule has 3 aromatic rings. The second kappa shape index (κ2) is 10.9. The molecule has 0 spiro atoms. The van der Waals surface area contributed by atoms with Crippen LogP contribution in [0.4, 0.5) is 33.7 Å². The van der Waals surface area contributed by atoms with Crippen molar-refractivity contribution in [2.24, 2.45) is 0 Å². The first-order chi connectivity index (χ1) is 17.1. The maximum Gasteiger partial charge on any atom is 0.386 e. The van der Waals surface area contributed by atoms with Gasteiger partial charge >= 0.3 is 12.2 Å². The van der Waals surface area contributed by atoms with Crippen molar-refractivity contribution >= 4 is 34.7 Å². The van der Waals surface area contributed by atoms with E-state index in [0.29, 0.717) is 31.9 Å². The molecule has 36 heavy (non-hydrogen) atoms. The van der Waals surface area contributed by atoms with Crippen LogP contribution in [0.1, 0.15) is 19.8 Å². The number of ether oxygens (including phenoxy) is 1. The number of pyridine rings is 1. The lowest BCUT2D eigenvalue weighted by molar-refractivity contribution is -0.110. The third kappa shape index (κ3) is 6.38. The maximum atomic E-state index is 14.6. The number of aromatic nitrogens is 2. The summed E-state index contributed by atoms with van der Waals surface area (Å²) in [5.74, 6) is -0.557. The molecule has 0 unspecified atom stereocenters. The van der Waals surface area contributed by atoms with Crippen molar-refractivity contribution < 1.29 is 27.1 Å². The number of amides is 2. The number of urea groups is 1. The number of carbonyl (C=O) groups is 1. The van der Waals surface area contributed by atoms with Crippen LogP contribution in [0.15, 0.2) is 36.8 Å². The van der Waals surface area contributed by atoms with Crippen LogP contribution in [-0.2, 0) is 4.74 Å². The van der Waals surface area contributed by atoms with Crippen LogP contribution in [-0.4, -0.2) is 65.9 Å². The van der Waals surface area contributed by atoms with E-state index >= 15 is 0 Å².